The largest absolute Gasteiger partial charge is 0.378 e. The number of aromatic nitrogens is 3. The first-order chi connectivity index (χ1) is 11.8. The normalized spacial score (nSPS) is 14.8. The lowest BCUT2D eigenvalue weighted by Gasteiger charge is -2.27. The van der Waals surface area contributed by atoms with Gasteiger partial charge in [0.05, 0.1) is 18.8 Å². The molecule has 4 rings (SSSR count). The van der Waals surface area contributed by atoms with Gasteiger partial charge in [0.15, 0.2) is 0 Å². The lowest BCUT2D eigenvalue weighted by Crippen LogP contribution is -2.36. The van der Waals surface area contributed by atoms with Crippen LogP contribution in [0.25, 0.3) is 22.8 Å². The number of ether oxygens (including phenoxy) is 1. The van der Waals surface area contributed by atoms with Crippen LogP contribution in [-0.2, 0) is 4.74 Å². The van der Waals surface area contributed by atoms with Crippen LogP contribution < -0.4 is 4.90 Å². The fourth-order valence-corrected chi connectivity index (χ4v) is 2.65. The van der Waals surface area contributed by atoms with Gasteiger partial charge in [-0.3, -0.25) is 0 Å². The molecule has 3 aromatic rings. The molecule has 24 heavy (non-hydrogen) atoms. The highest BCUT2D eigenvalue weighted by molar-refractivity contribution is 5.60. The van der Waals surface area contributed by atoms with Crippen LogP contribution in [-0.4, -0.2) is 41.4 Å². The monoisotopic (exact) mass is 322 g/mol. The minimum Gasteiger partial charge on any atom is -0.378 e. The first kappa shape index (κ1) is 14.8. The Morgan fingerprint density at radius 2 is 1.71 bits per heavy atom. The van der Waals surface area contributed by atoms with Crippen molar-refractivity contribution < 1.29 is 9.26 Å². The van der Waals surface area contributed by atoms with E-state index in [0.29, 0.717) is 11.7 Å². The molecule has 0 spiro atoms. The summed E-state index contributed by atoms with van der Waals surface area (Å²) >= 11 is 0. The van der Waals surface area contributed by atoms with Crippen LogP contribution in [0.3, 0.4) is 0 Å². The van der Waals surface area contributed by atoms with Crippen LogP contribution in [0.5, 0.6) is 0 Å². The molecule has 0 atom stereocenters. The number of morpholine rings is 1. The summed E-state index contributed by atoms with van der Waals surface area (Å²) in [6, 6.07) is 12.0. The Kier molecular flexibility index (Phi) is 3.96. The minimum absolute atomic E-state index is 0.478. The van der Waals surface area contributed by atoms with Crippen molar-refractivity contribution >= 4 is 5.82 Å². The van der Waals surface area contributed by atoms with Gasteiger partial charge < -0.3 is 14.2 Å². The van der Waals surface area contributed by atoms with E-state index in [4.69, 9.17) is 9.26 Å². The third-order valence-electron chi connectivity index (χ3n) is 4.07. The van der Waals surface area contributed by atoms with Gasteiger partial charge in [0.2, 0.25) is 5.82 Å². The van der Waals surface area contributed by atoms with Crippen LogP contribution in [0.1, 0.15) is 5.56 Å². The second-order valence-electron chi connectivity index (χ2n) is 5.79. The average molecular weight is 322 g/mol. The van der Waals surface area contributed by atoms with E-state index in [1.165, 1.54) is 5.56 Å². The molecule has 0 radical (unpaired) electrons. The van der Waals surface area contributed by atoms with Crippen LogP contribution in [0.15, 0.2) is 47.1 Å². The fourth-order valence-electron chi connectivity index (χ4n) is 2.65. The molecule has 0 aliphatic carbocycles. The van der Waals surface area contributed by atoms with Crippen molar-refractivity contribution in [1.29, 1.82) is 0 Å². The number of benzene rings is 1. The van der Waals surface area contributed by atoms with Crippen LogP contribution in [0.4, 0.5) is 5.82 Å². The minimum atomic E-state index is 0.478. The number of rotatable bonds is 3. The Balaban J connectivity index is 1.54. The van der Waals surface area contributed by atoms with Gasteiger partial charge in [0, 0.05) is 24.8 Å². The second kappa shape index (κ2) is 6.41. The maximum absolute atomic E-state index is 5.39. The highest BCUT2D eigenvalue weighted by Gasteiger charge is 2.14. The molecule has 0 bridgehead atoms. The number of hydrogen-bond donors (Lipinski definition) is 0. The third-order valence-corrected chi connectivity index (χ3v) is 4.07. The maximum atomic E-state index is 5.39. The lowest BCUT2D eigenvalue weighted by atomic mass is 10.1. The van der Waals surface area contributed by atoms with E-state index >= 15 is 0 Å². The maximum Gasteiger partial charge on any atom is 0.259 e. The van der Waals surface area contributed by atoms with Gasteiger partial charge in [0.1, 0.15) is 5.82 Å². The summed E-state index contributed by atoms with van der Waals surface area (Å²) in [4.78, 5) is 11.2. The van der Waals surface area contributed by atoms with Crippen molar-refractivity contribution in [2.75, 3.05) is 31.2 Å². The van der Waals surface area contributed by atoms with E-state index in [1.807, 2.05) is 43.3 Å². The summed E-state index contributed by atoms with van der Waals surface area (Å²) in [6.45, 7) is 5.27. The molecule has 1 fully saturated rings. The zero-order chi connectivity index (χ0) is 16.4. The third kappa shape index (κ3) is 3.00. The molecule has 2 aromatic heterocycles. The first-order valence-electron chi connectivity index (χ1n) is 7.99. The molecule has 1 aliphatic rings. The summed E-state index contributed by atoms with van der Waals surface area (Å²) in [5.41, 5.74) is 2.96. The Morgan fingerprint density at radius 3 is 2.42 bits per heavy atom. The van der Waals surface area contributed by atoms with Gasteiger partial charge in [-0.25, -0.2) is 4.98 Å². The Bertz CT molecular complexity index is 806. The topological polar surface area (TPSA) is 64.3 Å². The van der Waals surface area contributed by atoms with Crippen LogP contribution >= 0.6 is 0 Å². The van der Waals surface area contributed by atoms with Crippen molar-refractivity contribution in [1.82, 2.24) is 15.1 Å². The van der Waals surface area contributed by atoms with Crippen molar-refractivity contribution in [3.63, 3.8) is 0 Å². The molecule has 3 heterocycles. The van der Waals surface area contributed by atoms with Crippen molar-refractivity contribution in [2.24, 2.45) is 0 Å². The molecule has 122 valence electrons. The lowest BCUT2D eigenvalue weighted by molar-refractivity contribution is 0.122. The molecule has 1 saturated heterocycles. The summed E-state index contributed by atoms with van der Waals surface area (Å²) in [5, 5.41) is 4.06. The van der Waals surface area contributed by atoms with Crippen LogP contribution in [0, 0.1) is 6.92 Å². The first-order valence-corrected chi connectivity index (χ1v) is 7.99. The quantitative estimate of drug-likeness (QED) is 0.739. The molecule has 0 amide bonds. The zero-order valence-electron chi connectivity index (χ0n) is 13.5. The molecule has 0 saturated carbocycles. The van der Waals surface area contributed by atoms with E-state index < -0.39 is 0 Å². The molecule has 6 heteroatoms. The SMILES string of the molecule is Cc1ccc(-c2noc(-c3ccc(N4CCOCC4)nc3)n2)cc1. The van der Waals surface area contributed by atoms with Crippen LogP contribution in [0.2, 0.25) is 0 Å². The van der Waals surface area contributed by atoms with Gasteiger partial charge in [-0.15, -0.1) is 0 Å². The summed E-state index contributed by atoms with van der Waals surface area (Å²) in [6.07, 6.45) is 1.78. The van der Waals surface area contributed by atoms with E-state index in [2.05, 4.69) is 20.0 Å². The predicted octanol–water partition coefficient (Wildman–Crippen LogP) is 2.94. The smallest absolute Gasteiger partial charge is 0.259 e. The van der Waals surface area contributed by atoms with E-state index in [9.17, 15) is 0 Å². The Morgan fingerprint density at radius 1 is 0.958 bits per heavy atom. The molecule has 1 aliphatic heterocycles. The number of hydrogen-bond acceptors (Lipinski definition) is 6. The zero-order valence-corrected chi connectivity index (χ0v) is 13.5. The number of nitrogens with zero attached hydrogens (tertiary/aromatic N) is 4. The summed E-state index contributed by atoms with van der Waals surface area (Å²) < 4.78 is 10.7. The molecule has 1 aromatic carbocycles. The standard InChI is InChI=1S/C18H18N4O2/c1-13-2-4-14(5-3-13)17-20-18(24-21-17)15-6-7-16(19-12-15)22-8-10-23-11-9-22/h2-7,12H,8-11H2,1H3. The molecule has 6 nitrogen and oxygen atoms in total. The van der Waals surface area contributed by atoms with Gasteiger partial charge in [-0.05, 0) is 19.1 Å². The number of aryl methyl sites for hydroxylation is 1. The summed E-state index contributed by atoms with van der Waals surface area (Å²) in [5.74, 6) is 2.01. The van der Waals surface area contributed by atoms with E-state index in [1.54, 1.807) is 6.20 Å². The molecule has 0 unspecified atom stereocenters. The fraction of sp³-hybridized carbons (Fsp3) is 0.278. The van der Waals surface area contributed by atoms with Gasteiger partial charge >= 0.3 is 0 Å². The predicted molar refractivity (Wildman–Crippen MR) is 90.7 cm³/mol. The van der Waals surface area contributed by atoms with Gasteiger partial charge in [-0.2, -0.15) is 4.98 Å². The van der Waals surface area contributed by atoms with Gasteiger partial charge in [-0.1, -0.05) is 35.0 Å². The van der Waals surface area contributed by atoms with E-state index in [-0.39, 0.29) is 0 Å². The highest BCUT2D eigenvalue weighted by atomic mass is 16.5. The van der Waals surface area contributed by atoms with Crippen molar-refractivity contribution in [2.45, 2.75) is 6.92 Å². The molecular weight excluding hydrogens is 304 g/mol. The van der Waals surface area contributed by atoms with E-state index in [0.717, 1.165) is 43.2 Å². The number of pyridine rings is 1. The van der Waals surface area contributed by atoms with Crippen molar-refractivity contribution in [3.8, 4) is 22.8 Å². The molecular formula is C18H18N4O2. The van der Waals surface area contributed by atoms with Gasteiger partial charge in [0.25, 0.3) is 5.89 Å². The summed E-state index contributed by atoms with van der Waals surface area (Å²) in [7, 11) is 0. The Labute approximate surface area is 140 Å². The highest BCUT2D eigenvalue weighted by Crippen LogP contribution is 2.23. The number of anilines is 1. The molecule has 0 N–H and O–H groups in total. The Hall–Kier alpha value is -2.73. The average Bonchev–Trinajstić information content (AvgIpc) is 3.13. The van der Waals surface area contributed by atoms with Crippen molar-refractivity contribution in [3.05, 3.63) is 48.2 Å². The second-order valence-corrected chi connectivity index (χ2v) is 5.79.